The summed E-state index contributed by atoms with van der Waals surface area (Å²) < 4.78 is 11.3. The second kappa shape index (κ2) is 9.75. The van der Waals surface area contributed by atoms with E-state index < -0.39 is 0 Å². The van der Waals surface area contributed by atoms with Gasteiger partial charge < -0.3 is 20.1 Å². The van der Waals surface area contributed by atoms with Gasteiger partial charge in [-0.05, 0) is 31.4 Å². The fourth-order valence-corrected chi connectivity index (χ4v) is 2.87. The fourth-order valence-electron chi connectivity index (χ4n) is 2.87. The summed E-state index contributed by atoms with van der Waals surface area (Å²) in [6.07, 6.45) is 2.59. The number of carbonyl (C=O) groups is 1. The number of carbonyl (C=O) groups excluding carboxylic acids is 1. The van der Waals surface area contributed by atoms with Gasteiger partial charge in [0.2, 0.25) is 5.91 Å². The summed E-state index contributed by atoms with van der Waals surface area (Å²) in [4.78, 5) is 14.3. The molecule has 138 valence electrons. The highest BCUT2D eigenvalue weighted by Crippen LogP contribution is 2.27. The first-order valence-electron chi connectivity index (χ1n) is 9.29. The Morgan fingerprint density at radius 2 is 2.04 bits per heavy atom. The molecule has 6 heteroatoms. The molecule has 1 saturated heterocycles. The molecule has 3 rings (SSSR count). The summed E-state index contributed by atoms with van der Waals surface area (Å²) in [6.45, 7) is 6.92. The Morgan fingerprint density at radius 1 is 1.24 bits per heavy atom. The van der Waals surface area contributed by atoms with Gasteiger partial charge in [0.1, 0.15) is 12.4 Å². The number of rotatable bonds is 10. The lowest BCUT2D eigenvalue weighted by Gasteiger charge is -2.26. The van der Waals surface area contributed by atoms with E-state index in [2.05, 4.69) is 15.5 Å². The van der Waals surface area contributed by atoms with E-state index in [9.17, 15) is 4.79 Å². The number of amides is 1. The number of hydrogen-bond donors (Lipinski definition) is 2. The summed E-state index contributed by atoms with van der Waals surface area (Å²) in [7, 11) is 0. The van der Waals surface area contributed by atoms with E-state index in [4.69, 9.17) is 9.47 Å². The van der Waals surface area contributed by atoms with Crippen LogP contribution >= 0.6 is 0 Å². The van der Waals surface area contributed by atoms with Crippen LogP contribution < -0.4 is 15.4 Å². The number of nitrogens with zero attached hydrogens (tertiary/aromatic N) is 1. The zero-order valence-electron chi connectivity index (χ0n) is 14.8. The van der Waals surface area contributed by atoms with Gasteiger partial charge in [-0.25, -0.2) is 0 Å². The molecule has 1 heterocycles. The minimum Gasteiger partial charge on any atom is -0.492 e. The third-order valence-electron chi connectivity index (χ3n) is 4.63. The molecule has 0 aromatic heterocycles. The maximum atomic E-state index is 11.9. The second-order valence-corrected chi connectivity index (χ2v) is 6.76. The van der Waals surface area contributed by atoms with Gasteiger partial charge in [-0.15, -0.1) is 0 Å². The van der Waals surface area contributed by atoms with E-state index >= 15 is 0 Å². The Bertz CT molecular complexity index is 542. The standard InChI is InChI=1S/C19H29N3O3/c23-19(15-20-13-16-5-6-16)21-14-17-3-1-2-4-18(17)25-12-9-22-7-10-24-11-8-22/h1-4,16,20H,5-15H2,(H,21,23). The highest BCUT2D eigenvalue weighted by molar-refractivity contribution is 5.78. The van der Waals surface area contributed by atoms with Crippen LogP contribution in [0.2, 0.25) is 0 Å². The SMILES string of the molecule is O=C(CNCC1CC1)NCc1ccccc1OCCN1CCOCC1. The quantitative estimate of drug-likeness (QED) is 0.662. The Balaban J connectivity index is 1.37. The molecule has 0 spiro atoms. The van der Waals surface area contributed by atoms with E-state index in [1.54, 1.807) is 0 Å². The third-order valence-corrected chi connectivity index (χ3v) is 4.63. The summed E-state index contributed by atoms with van der Waals surface area (Å²) >= 11 is 0. The number of ether oxygens (including phenoxy) is 2. The zero-order valence-corrected chi connectivity index (χ0v) is 14.8. The van der Waals surface area contributed by atoms with Crippen molar-refractivity contribution < 1.29 is 14.3 Å². The van der Waals surface area contributed by atoms with Crippen LogP contribution in [0, 0.1) is 5.92 Å². The maximum absolute atomic E-state index is 11.9. The van der Waals surface area contributed by atoms with E-state index in [1.807, 2.05) is 24.3 Å². The van der Waals surface area contributed by atoms with Crippen LogP contribution in [-0.2, 0) is 16.1 Å². The average Bonchev–Trinajstić information content (AvgIpc) is 3.46. The molecule has 0 unspecified atom stereocenters. The number of para-hydroxylation sites is 1. The number of nitrogens with one attached hydrogen (secondary N) is 2. The number of hydrogen-bond acceptors (Lipinski definition) is 5. The fraction of sp³-hybridized carbons (Fsp3) is 0.632. The van der Waals surface area contributed by atoms with Crippen molar-refractivity contribution in [3.05, 3.63) is 29.8 Å². The van der Waals surface area contributed by atoms with Crippen LogP contribution in [0.3, 0.4) is 0 Å². The first-order valence-corrected chi connectivity index (χ1v) is 9.29. The van der Waals surface area contributed by atoms with Crippen molar-refractivity contribution in [3.8, 4) is 5.75 Å². The van der Waals surface area contributed by atoms with Crippen LogP contribution in [0.1, 0.15) is 18.4 Å². The first-order chi connectivity index (χ1) is 12.3. The Labute approximate surface area is 149 Å². The largest absolute Gasteiger partial charge is 0.492 e. The molecule has 1 saturated carbocycles. The normalized spacial score (nSPS) is 18.1. The Morgan fingerprint density at radius 3 is 2.84 bits per heavy atom. The summed E-state index contributed by atoms with van der Waals surface area (Å²) in [6, 6.07) is 7.91. The van der Waals surface area contributed by atoms with Gasteiger partial charge in [0.05, 0.1) is 19.8 Å². The lowest BCUT2D eigenvalue weighted by Crippen LogP contribution is -2.38. The summed E-state index contributed by atoms with van der Waals surface area (Å²) in [5.74, 6) is 1.67. The summed E-state index contributed by atoms with van der Waals surface area (Å²) in [5, 5.41) is 6.17. The van der Waals surface area contributed by atoms with E-state index in [-0.39, 0.29) is 5.91 Å². The van der Waals surface area contributed by atoms with Crippen LogP contribution in [0.15, 0.2) is 24.3 Å². The van der Waals surface area contributed by atoms with E-state index in [0.717, 1.165) is 56.6 Å². The van der Waals surface area contributed by atoms with Gasteiger partial charge >= 0.3 is 0 Å². The van der Waals surface area contributed by atoms with Crippen LogP contribution in [-0.4, -0.2) is 63.4 Å². The van der Waals surface area contributed by atoms with Gasteiger partial charge in [0, 0.05) is 31.7 Å². The van der Waals surface area contributed by atoms with Crippen molar-refractivity contribution in [1.82, 2.24) is 15.5 Å². The predicted molar refractivity (Wildman–Crippen MR) is 96.6 cm³/mol. The van der Waals surface area contributed by atoms with Crippen LogP contribution in [0.5, 0.6) is 5.75 Å². The molecule has 25 heavy (non-hydrogen) atoms. The molecule has 2 fully saturated rings. The highest BCUT2D eigenvalue weighted by Gasteiger charge is 2.20. The number of morpholine rings is 1. The molecule has 0 bridgehead atoms. The minimum atomic E-state index is 0.0313. The number of benzene rings is 1. The van der Waals surface area contributed by atoms with Crippen molar-refractivity contribution in [1.29, 1.82) is 0 Å². The second-order valence-electron chi connectivity index (χ2n) is 6.76. The van der Waals surface area contributed by atoms with E-state index in [1.165, 1.54) is 12.8 Å². The molecule has 0 atom stereocenters. The Kier molecular flexibility index (Phi) is 7.09. The van der Waals surface area contributed by atoms with Crippen molar-refractivity contribution in [2.24, 2.45) is 5.92 Å². The lowest BCUT2D eigenvalue weighted by atomic mass is 10.2. The van der Waals surface area contributed by atoms with Crippen molar-refractivity contribution >= 4 is 5.91 Å². The van der Waals surface area contributed by atoms with Crippen molar-refractivity contribution in [3.63, 3.8) is 0 Å². The van der Waals surface area contributed by atoms with Crippen molar-refractivity contribution in [2.45, 2.75) is 19.4 Å². The molecule has 2 N–H and O–H groups in total. The molecule has 1 aliphatic carbocycles. The molecule has 2 aliphatic rings. The molecule has 1 aromatic rings. The molecule has 0 radical (unpaired) electrons. The van der Waals surface area contributed by atoms with Crippen LogP contribution in [0.4, 0.5) is 0 Å². The monoisotopic (exact) mass is 347 g/mol. The molecule has 1 aliphatic heterocycles. The molecule has 1 amide bonds. The minimum absolute atomic E-state index is 0.0313. The maximum Gasteiger partial charge on any atom is 0.234 e. The highest BCUT2D eigenvalue weighted by atomic mass is 16.5. The summed E-state index contributed by atoms with van der Waals surface area (Å²) in [5.41, 5.74) is 1.01. The van der Waals surface area contributed by atoms with Crippen molar-refractivity contribution in [2.75, 3.05) is 52.5 Å². The topological polar surface area (TPSA) is 62.8 Å². The van der Waals surface area contributed by atoms with Gasteiger partial charge in [0.25, 0.3) is 0 Å². The smallest absolute Gasteiger partial charge is 0.234 e. The van der Waals surface area contributed by atoms with Gasteiger partial charge in [-0.2, -0.15) is 0 Å². The van der Waals surface area contributed by atoms with E-state index in [0.29, 0.717) is 19.7 Å². The average molecular weight is 347 g/mol. The Hall–Kier alpha value is -1.63. The third kappa shape index (κ3) is 6.65. The molecular formula is C19H29N3O3. The predicted octanol–water partition coefficient (Wildman–Crippen LogP) is 1.01. The lowest BCUT2D eigenvalue weighted by molar-refractivity contribution is -0.120. The molecular weight excluding hydrogens is 318 g/mol. The molecule has 6 nitrogen and oxygen atoms in total. The van der Waals surface area contributed by atoms with Crippen LogP contribution in [0.25, 0.3) is 0 Å². The van der Waals surface area contributed by atoms with Gasteiger partial charge in [-0.1, -0.05) is 18.2 Å². The molecule has 1 aromatic carbocycles. The first kappa shape index (κ1) is 18.2. The van der Waals surface area contributed by atoms with Gasteiger partial charge in [-0.3, -0.25) is 9.69 Å². The zero-order chi connectivity index (χ0) is 17.3. The van der Waals surface area contributed by atoms with Gasteiger partial charge in [0.15, 0.2) is 0 Å².